The second kappa shape index (κ2) is 11.8. The summed E-state index contributed by atoms with van der Waals surface area (Å²) < 4.78 is 4.92. The molecule has 2 heteroatoms. The highest BCUT2D eigenvalue weighted by atomic mass is 15.0. The van der Waals surface area contributed by atoms with Crippen molar-refractivity contribution >= 4 is 44.4 Å². The molecule has 0 saturated heterocycles. The maximum absolute atomic E-state index is 2.51. The van der Waals surface area contributed by atoms with Crippen LogP contribution in [0.15, 0.2) is 164 Å². The van der Waals surface area contributed by atoms with Crippen LogP contribution in [0, 0.1) is 0 Å². The Labute approximate surface area is 292 Å². The molecule has 0 bridgehead atoms. The van der Waals surface area contributed by atoms with Crippen molar-refractivity contribution in [2.75, 3.05) is 0 Å². The van der Waals surface area contributed by atoms with Crippen LogP contribution in [0.1, 0.15) is 36.1 Å². The molecule has 2 aliphatic rings. The molecular weight excluding hydrogens is 605 g/mol. The Kier molecular flexibility index (Phi) is 6.80. The topological polar surface area (TPSA) is 9.86 Å². The van der Waals surface area contributed by atoms with Gasteiger partial charge in [-0.2, -0.15) is 0 Å². The first-order valence-electron chi connectivity index (χ1n) is 17.8. The fraction of sp³-hybridized carbons (Fsp3) is 0.0833. The van der Waals surface area contributed by atoms with E-state index >= 15 is 0 Å². The van der Waals surface area contributed by atoms with Gasteiger partial charge in [0, 0.05) is 38.8 Å². The third-order valence-electron chi connectivity index (χ3n) is 10.7. The zero-order valence-corrected chi connectivity index (χ0v) is 27.9. The summed E-state index contributed by atoms with van der Waals surface area (Å²) in [4.78, 5) is 0. The first-order valence-corrected chi connectivity index (χ1v) is 17.8. The average Bonchev–Trinajstić information content (AvgIpc) is 3.71. The number of aromatic nitrogens is 2. The van der Waals surface area contributed by atoms with Gasteiger partial charge in [-0.15, -0.1) is 0 Å². The van der Waals surface area contributed by atoms with E-state index in [1.807, 2.05) is 0 Å². The molecule has 50 heavy (non-hydrogen) atoms. The van der Waals surface area contributed by atoms with E-state index in [-0.39, 0.29) is 0 Å². The van der Waals surface area contributed by atoms with E-state index in [0.29, 0.717) is 0 Å². The van der Waals surface area contributed by atoms with E-state index in [4.69, 9.17) is 0 Å². The summed E-state index contributed by atoms with van der Waals surface area (Å²) in [6.45, 7) is 0. The summed E-state index contributed by atoms with van der Waals surface area (Å²) in [5.41, 5.74) is 16.6. The number of benzene rings is 6. The van der Waals surface area contributed by atoms with Crippen molar-refractivity contribution in [1.29, 1.82) is 0 Å². The van der Waals surface area contributed by atoms with E-state index in [1.165, 1.54) is 88.7 Å². The molecule has 2 aliphatic carbocycles. The van der Waals surface area contributed by atoms with Crippen molar-refractivity contribution in [3.8, 4) is 33.6 Å². The molecule has 0 fully saturated rings. The second-order valence-electron chi connectivity index (χ2n) is 13.6. The summed E-state index contributed by atoms with van der Waals surface area (Å²) in [6.07, 6.45) is 15.7. The molecule has 10 rings (SSSR count). The predicted octanol–water partition coefficient (Wildman–Crippen LogP) is 12.8. The Morgan fingerprint density at radius 2 is 1.10 bits per heavy atom. The van der Waals surface area contributed by atoms with Gasteiger partial charge < -0.3 is 9.13 Å². The maximum atomic E-state index is 2.51. The van der Waals surface area contributed by atoms with Crippen LogP contribution in [0.5, 0.6) is 0 Å². The van der Waals surface area contributed by atoms with Crippen molar-refractivity contribution < 1.29 is 0 Å². The molecule has 8 aromatic rings. The van der Waals surface area contributed by atoms with E-state index in [9.17, 15) is 0 Å². The average molecular weight is 641 g/mol. The fourth-order valence-corrected chi connectivity index (χ4v) is 8.25. The van der Waals surface area contributed by atoms with Gasteiger partial charge in [0.1, 0.15) is 0 Å². The van der Waals surface area contributed by atoms with Crippen LogP contribution in [0.3, 0.4) is 0 Å². The second-order valence-corrected chi connectivity index (χ2v) is 13.6. The Bertz CT molecular complexity index is 2680. The lowest BCUT2D eigenvalue weighted by Gasteiger charge is -2.16. The Morgan fingerprint density at radius 1 is 0.420 bits per heavy atom. The standard InChI is InChI=1S/C48H36N2/c1-3-12-33(13-4-1)35-22-26-39(27-23-35)49-45-20-9-7-18-41(45)43-31-37(24-28-47(43)49)38-25-29-48-44(32-38)42-19-8-10-21-46(42)50(48)40-17-11-16-36(30-40)34-14-5-2-6-15-34/h1-5,7-9,11-14,16-20,22-32H,6,10,15,21H2. The van der Waals surface area contributed by atoms with E-state index in [2.05, 4.69) is 179 Å². The molecule has 6 aromatic carbocycles. The summed E-state index contributed by atoms with van der Waals surface area (Å²) in [5, 5.41) is 3.86. The third-order valence-corrected chi connectivity index (χ3v) is 10.7. The van der Waals surface area contributed by atoms with Gasteiger partial charge in [0.2, 0.25) is 0 Å². The van der Waals surface area contributed by atoms with Gasteiger partial charge in [0.25, 0.3) is 0 Å². The number of hydrogen-bond donors (Lipinski definition) is 0. The number of nitrogens with zero attached hydrogens (tertiary/aromatic N) is 2. The molecule has 2 nitrogen and oxygen atoms in total. The summed E-state index contributed by atoms with van der Waals surface area (Å²) in [5.74, 6) is 0. The first-order chi connectivity index (χ1) is 24.8. The molecule has 0 radical (unpaired) electrons. The van der Waals surface area contributed by atoms with Crippen LogP contribution in [0.2, 0.25) is 0 Å². The summed E-state index contributed by atoms with van der Waals surface area (Å²) >= 11 is 0. The monoisotopic (exact) mass is 640 g/mol. The molecule has 0 spiro atoms. The van der Waals surface area contributed by atoms with Crippen LogP contribution >= 0.6 is 0 Å². The highest BCUT2D eigenvalue weighted by molar-refractivity contribution is 6.10. The van der Waals surface area contributed by atoms with Crippen molar-refractivity contribution in [2.24, 2.45) is 0 Å². The van der Waals surface area contributed by atoms with E-state index in [1.54, 1.807) is 0 Å². The minimum Gasteiger partial charge on any atom is -0.313 e. The van der Waals surface area contributed by atoms with Gasteiger partial charge in [-0.25, -0.2) is 0 Å². The number of allylic oxidation sites excluding steroid dienone is 5. The van der Waals surface area contributed by atoms with Crippen LogP contribution < -0.4 is 0 Å². The van der Waals surface area contributed by atoms with Gasteiger partial charge in [-0.1, -0.05) is 115 Å². The highest BCUT2D eigenvalue weighted by Crippen LogP contribution is 2.39. The van der Waals surface area contributed by atoms with Crippen molar-refractivity contribution in [2.45, 2.75) is 25.7 Å². The Morgan fingerprint density at radius 3 is 1.92 bits per heavy atom. The molecule has 0 aliphatic heterocycles. The van der Waals surface area contributed by atoms with Crippen LogP contribution in [0.4, 0.5) is 0 Å². The minimum atomic E-state index is 1.04. The van der Waals surface area contributed by atoms with Gasteiger partial charge >= 0.3 is 0 Å². The molecule has 0 N–H and O–H groups in total. The lowest BCUT2D eigenvalue weighted by molar-refractivity contribution is 0.888. The molecule has 2 heterocycles. The summed E-state index contributed by atoms with van der Waals surface area (Å²) in [6, 6.07) is 51.6. The Balaban J connectivity index is 1.09. The highest BCUT2D eigenvalue weighted by Gasteiger charge is 2.20. The van der Waals surface area contributed by atoms with Gasteiger partial charge in [-0.3, -0.25) is 0 Å². The number of rotatable bonds is 5. The van der Waals surface area contributed by atoms with Crippen LogP contribution in [0.25, 0.3) is 78.0 Å². The van der Waals surface area contributed by atoms with Crippen molar-refractivity contribution in [1.82, 2.24) is 9.13 Å². The number of hydrogen-bond acceptors (Lipinski definition) is 0. The van der Waals surface area contributed by atoms with Crippen molar-refractivity contribution in [3.63, 3.8) is 0 Å². The third kappa shape index (κ3) is 4.71. The van der Waals surface area contributed by atoms with E-state index < -0.39 is 0 Å². The maximum Gasteiger partial charge on any atom is 0.0541 e. The zero-order chi connectivity index (χ0) is 33.0. The number of para-hydroxylation sites is 1. The predicted molar refractivity (Wildman–Crippen MR) is 212 cm³/mol. The largest absolute Gasteiger partial charge is 0.313 e. The van der Waals surface area contributed by atoms with Crippen LogP contribution in [-0.4, -0.2) is 9.13 Å². The molecule has 0 saturated carbocycles. The molecule has 2 aromatic heterocycles. The van der Waals surface area contributed by atoms with Crippen molar-refractivity contribution in [3.05, 3.63) is 181 Å². The SMILES string of the molecule is C1=CCCC(c2cccc(-n3c4c(c5cc(-c6ccc7c(c6)c6ccccc6n7-c6ccc(-c7ccccc7)cc6)ccc53)C=CCC4)c2)=C1. The normalized spacial score (nSPS) is 14.0. The van der Waals surface area contributed by atoms with Gasteiger partial charge in [-0.05, 0) is 114 Å². The lowest BCUT2D eigenvalue weighted by Crippen LogP contribution is -2.03. The summed E-state index contributed by atoms with van der Waals surface area (Å²) in [7, 11) is 0. The Hall–Kier alpha value is -6.12. The van der Waals surface area contributed by atoms with Crippen LogP contribution in [-0.2, 0) is 6.42 Å². The molecule has 0 unspecified atom stereocenters. The molecular formula is C48H36N2. The van der Waals surface area contributed by atoms with E-state index in [0.717, 1.165) is 25.7 Å². The fourth-order valence-electron chi connectivity index (χ4n) is 8.25. The number of fused-ring (bicyclic) bond motifs is 6. The molecule has 238 valence electrons. The first kappa shape index (κ1) is 28.9. The quantitative estimate of drug-likeness (QED) is 0.177. The molecule has 0 amide bonds. The molecule has 0 atom stereocenters. The minimum absolute atomic E-state index is 1.04. The van der Waals surface area contributed by atoms with Gasteiger partial charge in [0.15, 0.2) is 0 Å². The zero-order valence-electron chi connectivity index (χ0n) is 27.9. The smallest absolute Gasteiger partial charge is 0.0541 e. The van der Waals surface area contributed by atoms with Gasteiger partial charge in [0.05, 0.1) is 16.6 Å². The lowest BCUT2D eigenvalue weighted by atomic mass is 9.97.